The molecule has 0 N–H and O–H groups in total. The van der Waals surface area contributed by atoms with Crippen LogP contribution < -0.4 is 9.47 Å². The van der Waals surface area contributed by atoms with E-state index in [1.54, 1.807) is 36.4 Å². The zero-order chi connectivity index (χ0) is 24.2. The fourth-order valence-corrected chi connectivity index (χ4v) is 3.70. The lowest BCUT2D eigenvalue weighted by Crippen LogP contribution is -2.05. The Morgan fingerprint density at radius 1 is 1.12 bits per heavy atom. The Kier molecular flexibility index (Phi) is 6.98. The molecule has 174 valence electrons. The highest BCUT2D eigenvalue weighted by atomic mass is 35.5. The fraction of sp³-hybridized carbons (Fsp3) is 0.185. The van der Waals surface area contributed by atoms with Gasteiger partial charge in [0.1, 0.15) is 12.4 Å². The summed E-state index contributed by atoms with van der Waals surface area (Å²) >= 11 is 6.43. The van der Waals surface area contributed by atoms with Gasteiger partial charge in [0.05, 0.1) is 12.1 Å². The lowest BCUT2D eigenvalue weighted by atomic mass is 10.0. The zero-order valence-corrected chi connectivity index (χ0v) is 19.7. The average Bonchev–Trinajstić information content (AvgIpc) is 3.19. The van der Waals surface area contributed by atoms with E-state index in [-0.39, 0.29) is 34.8 Å². The van der Waals surface area contributed by atoms with Crippen molar-refractivity contribution in [1.82, 2.24) is 0 Å². The van der Waals surface area contributed by atoms with Crippen molar-refractivity contribution < 1.29 is 23.4 Å². The van der Waals surface area contributed by atoms with Crippen LogP contribution in [0.15, 0.2) is 71.4 Å². The summed E-state index contributed by atoms with van der Waals surface area (Å²) in [5.41, 5.74) is 3.01. The van der Waals surface area contributed by atoms with E-state index in [2.05, 4.69) is 18.8 Å². The molecule has 0 aliphatic carbocycles. The van der Waals surface area contributed by atoms with Crippen molar-refractivity contribution in [3.63, 3.8) is 0 Å². The standard InChI is InChI=1S/C27H23ClFNO4/c1-16(2)18-8-10-19(11-9-18)26-30-23(27(31)34-26)13-17-12-21(28)25(24(14-17)32-3)33-15-20-6-4-5-7-22(20)29/h4-14,16H,15H2,1-3H3. The molecule has 7 heteroatoms. The predicted molar refractivity (Wildman–Crippen MR) is 130 cm³/mol. The number of methoxy groups -OCH3 is 1. The highest BCUT2D eigenvalue weighted by Gasteiger charge is 2.24. The first-order chi connectivity index (χ1) is 16.4. The van der Waals surface area contributed by atoms with Gasteiger partial charge in [-0.05, 0) is 53.5 Å². The topological polar surface area (TPSA) is 57.1 Å². The van der Waals surface area contributed by atoms with Crippen LogP contribution in [0.3, 0.4) is 0 Å². The maximum absolute atomic E-state index is 13.9. The summed E-state index contributed by atoms with van der Waals surface area (Å²) in [6.45, 7) is 4.20. The van der Waals surface area contributed by atoms with E-state index in [1.807, 2.05) is 24.3 Å². The largest absolute Gasteiger partial charge is 0.493 e. The van der Waals surface area contributed by atoms with Crippen molar-refractivity contribution in [3.05, 3.63) is 99.5 Å². The Bertz CT molecular complexity index is 1280. The number of halogens is 2. The number of esters is 1. The van der Waals surface area contributed by atoms with Gasteiger partial charge in [-0.15, -0.1) is 0 Å². The van der Waals surface area contributed by atoms with E-state index >= 15 is 0 Å². The van der Waals surface area contributed by atoms with Crippen LogP contribution in [0.25, 0.3) is 6.08 Å². The predicted octanol–water partition coefficient (Wildman–Crippen LogP) is 6.53. The lowest BCUT2D eigenvalue weighted by Gasteiger charge is -2.13. The van der Waals surface area contributed by atoms with Gasteiger partial charge in [0.2, 0.25) is 5.90 Å². The van der Waals surface area contributed by atoms with Gasteiger partial charge >= 0.3 is 5.97 Å². The molecule has 0 spiro atoms. The van der Waals surface area contributed by atoms with Crippen molar-refractivity contribution in [2.45, 2.75) is 26.4 Å². The summed E-state index contributed by atoms with van der Waals surface area (Å²) in [5, 5.41) is 0.252. The number of hydrogen-bond donors (Lipinski definition) is 0. The van der Waals surface area contributed by atoms with Gasteiger partial charge in [-0.1, -0.05) is 55.8 Å². The van der Waals surface area contributed by atoms with E-state index in [0.717, 1.165) is 0 Å². The molecule has 3 aromatic carbocycles. The number of carbonyl (C=O) groups is 1. The monoisotopic (exact) mass is 479 g/mol. The second-order valence-corrected chi connectivity index (χ2v) is 8.43. The second kappa shape index (κ2) is 10.1. The summed E-state index contributed by atoms with van der Waals surface area (Å²) in [5.74, 6) is 0.336. The van der Waals surface area contributed by atoms with E-state index < -0.39 is 5.97 Å². The molecule has 0 radical (unpaired) electrons. The highest BCUT2D eigenvalue weighted by Crippen LogP contribution is 2.38. The molecule has 0 saturated heterocycles. The van der Waals surface area contributed by atoms with Gasteiger partial charge in [0, 0.05) is 11.1 Å². The van der Waals surface area contributed by atoms with Crippen molar-refractivity contribution in [2.24, 2.45) is 4.99 Å². The third kappa shape index (κ3) is 5.13. The molecule has 0 saturated carbocycles. The number of ether oxygens (including phenoxy) is 3. The van der Waals surface area contributed by atoms with Crippen LogP contribution in [0, 0.1) is 5.82 Å². The van der Waals surface area contributed by atoms with E-state index in [9.17, 15) is 9.18 Å². The maximum atomic E-state index is 13.9. The Morgan fingerprint density at radius 3 is 2.53 bits per heavy atom. The number of carbonyl (C=O) groups excluding carboxylic acids is 1. The third-order valence-electron chi connectivity index (χ3n) is 5.33. The Hall–Kier alpha value is -3.64. The van der Waals surface area contributed by atoms with Crippen LogP contribution in [0.5, 0.6) is 11.5 Å². The number of nitrogens with zero attached hydrogens (tertiary/aromatic N) is 1. The molecule has 0 fully saturated rings. The van der Waals surface area contributed by atoms with Crippen molar-refractivity contribution in [1.29, 1.82) is 0 Å². The molecule has 0 unspecified atom stereocenters. The van der Waals surface area contributed by atoms with Crippen LogP contribution >= 0.6 is 11.6 Å². The zero-order valence-electron chi connectivity index (χ0n) is 19.0. The van der Waals surface area contributed by atoms with Gasteiger partial charge in [-0.3, -0.25) is 0 Å². The molecule has 1 heterocycles. The number of hydrogen-bond acceptors (Lipinski definition) is 5. The molecule has 0 aromatic heterocycles. The van der Waals surface area contributed by atoms with E-state index in [0.29, 0.717) is 28.4 Å². The summed E-state index contributed by atoms with van der Waals surface area (Å²) in [7, 11) is 1.47. The molecular weight excluding hydrogens is 457 g/mol. The molecule has 34 heavy (non-hydrogen) atoms. The lowest BCUT2D eigenvalue weighted by molar-refractivity contribution is -0.129. The minimum absolute atomic E-state index is 0.0151. The van der Waals surface area contributed by atoms with Gasteiger partial charge in [0.25, 0.3) is 0 Å². The number of aliphatic imine (C=N–C) groups is 1. The molecule has 0 bridgehead atoms. The Labute approximate surface area is 202 Å². The van der Waals surface area contributed by atoms with Crippen LogP contribution in [-0.2, 0) is 16.1 Å². The number of cyclic esters (lactones) is 1. The summed E-state index contributed by atoms with van der Waals surface area (Å²) in [4.78, 5) is 16.8. The number of benzene rings is 3. The average molecular weight is 480 g/mol. The molecule has 0 amide bonds. The molecule has 3 aromatic rings. The van der Waals surface area contributed by atoms with Crippen molar-refractivity contribution in [2.75, 3.05) is 7.11 Å². The molecule has 1 aliphatic rings. The van der Waals surface area contributed by atoms with Crippen LogP contribution in [0.2, 0.25) is 5.02 Å². The Balaban J connectivity index is 1.58. The maximum Gasteiger partial charge on any atom is 0.363 e. The third-order valence-corrected chi connectivity index (χ3v) is 5.61. The SMILES string of the molecule is COc1cc(C=C2N=C(c3ccc(C(C)C)cc3)OC2=O)cc(Cl)c1OCc1ccccc1F. The molecular formula is C27H23ClFNO4. The van der Waals surface area contributed by atoms with Gasteiger partial charge in [0.15, 0.2) is 17.2 Å². The summed E-state index contributed by atoms with van der Waals surface area (Å²) in [6, 6.07) is 17.3. The summed E-state index contributed by atoms with van der Waals surface area (Å²) in [6.07, 6.45) is 1.56. The van der Waals surface area contributed by atoms with Crippen LogP contribution in [-0.4, -0.2) is 19.0 Å². The van der Waals surface area contributed by atoms with Crippen LogP contribution in [0.1, 0.15) is 42.0 Å². The normalized spacial score (nSPS) is 14.4. The molecule has 1 aliphatic heterocycles. The van der Waals surface area contributed by atoms with E-state index in [1.165, 1.54) is 18.7 Å². The van der Waals surface area contributed by atoms with Crippen molar-refractivity contribution >= 4 is 29.5 Å². The first kappa shape index (κ1) is 23.5. The number of rotatable bonds is 7. The van der Waals surface area contributed by atoms with Gasteiger partial charge in [-0.25, -0.2) is 14.2 Å². The second-order valence-electron chi connectivity index (χ2n) is 8.03. The first-order valence-corrected chi connectivity index (χ1v) is 11.1. The minimum atomic E-state index is -0.557. The van der Waals surface area contributed by atoms with E-state index in [4.69, 9.17) is 25.8 Å². The molecule has 0 atom stereocenters. The van der Waals surface area contributed by atoms with Crippen molar-refractivity contribution in [3.8, 4) is 11.5 Å². The highest BCUT2D eigenvalue weighted by molar-refractivity contribution is 6.32. The Morgan fingerprint density at radius 2 is 1.85 bits per heavy atom. The fourth-order valence-electron chi connectivity index (χ4n) is 3.43. The molecule has 4 rings (SSSR count). The smallest absolute Gasteiger partial charge is 0.363 e. The summed E-state index contributed by atoms with van der Waals surface area (Å²) < 4.78 is 30.4. The molecule has 5 nitrogen and oxygen atoms in total. The van der Waals surface area contributed by atoms with Crippen LogP contribution in [0.4, 0.5) is 4.39 Å². The van der Waals surface area contributed by atoms with Gasteiger partial charge in [-0.2, -0.15) is 0 Å². The minimum Gasteiger partial charge on any atom is -0.493 e. The van der Waals surface area contributed by atoms with Gasteiger partial charge < -0.3 is 14.2 Å². The first-order valence-electron chi connectivity index (χ1n) is 10.7. The quantitative estimate of drug-likeness (QED) is 0.285.